The fourth-order valence-corrected chi connectivity index (χ4v) is 1.37. The normalized spacial score (nSPS) is 10.8. The number of carbonyl (C=O) groups is 1. The van der Waals surface area contributed by atoms with Gasteiger partial charge in [-0.2, -0.15) is 0 Å². The number of aliphatic carboxylic acids is 1. The van der Waals surface area contributed by atoms with Crippen molar-refractivity contribution in [1.82, 2.24) is 5.16 Å². The third-order valence-corrected chi connectivity index (χ3v) is 2.24. The number of ether oxygens (including phenoxy) is 1. The lowest BCUT2D eigenvalue weighted by Crippen LogP contribution is -1.96. The highest BCUT2D eigenvalue weighted by molar-refractivity contribution is 5.85. The molecule has 2 aromatic rings. The van der Waals surface area contributed by atoms with E-state index in [1.165, 1.54) is 24.4 Å². The van der Waals surface area contributed by atoms with Crippen molar-refractivity contribution in [3.05, 3.63) is 53.7 Å². The van der Waals surface area contributed by atoms with Gasteiger partial charge in [-0.25, -0.2) is 9.18 Å². The molecule has 0 saturated heterocycles. The minimum absolute atomic E-state index is 0.0591. The summed E-state index contributed by atoms with van der Waals surface area (Å²) < 4.78 is 23.7. The van der Waals surface area contributed by atoms with Crippen LogP contribution in [-0.2, 0) is 11.4 Å². The van der Waals surface area contributed by atoms with Gasteiger partial charge in [-0.05, 0) is 23.8 Å². The monoisotopic (exact) mass is 263 g/mol. The van der Waals surface area contributed by atoms with E-state index in [0.717, 1.165) is 6.08 Å². The Bertz CT molecular complexity index is 593. The van der Waals surface area contributed by atoms with Gasteiger partial charge in [0.25, 0.3) is 0 Å². The van der Waals surface area contributed by atoms with E-state index in [9.17, 15) is 9.18 Å². The Kier molecular flexibility index (Phi) is 3.92. The Morgan fingerprint density at radius 3 is 2.95 bits per heavy atom. The molecule has 6 heteroatoms. The van der Waals surface area contributed by atoms with Crippen LogP contribution in [0.4, 0.5) is 4.39 Å². The van der Waals surface area contributed by atoms with E-state index < -0.39 is 11.8 Å². The molecule has 19 heavy (non-hydrogen) atoms. The first kappa shape index (κ1) is 12.8. The van der Waals surface area contributed by atoms with Crippen molar-refractivity contribution in [1.29, 1.82) is 0 Å². The predicted molar refractivity (Wildman–Crippen MR) is 63.9 cm³/mol. The number of aromatic nitrogens is 1. The van der Waals surface area contributed by atoms with E-state index in [0.29, 0.717) is 11.3 Å². The summed E-state index contributed by atoms with van der Waals surface area (Å²) in [6, 6.07) is 5.78. The largest absolute Gasteiger partial charge is 0.482 e. The van der Waals surface area contributed by atoms with Crippen molar-refractivity contribution < 1.29 is 23.6 Å². The first-order chi connectivity index (χ1) is 9.15. The van der Waals surface area contributed by atoms with Gasteiger partial charge >= 0.3 is 5.97 Å². The zero-order valence-electron chi connectivity index (χ0n) is 9.75. The summed E-state index contributed by atoms with van der Waals surface area (Å²) >= 11 is 0. The highest BCUT2D eigenvalue weighted by Crippen LogP contribution is 2.20. The lowest BCUT2D eigenvalue weighted by atomic mass is 10.2. The number of halogens is 1. The molecule has 0 aliphatic rings. The van der Waals surface area contributed by atoms with E-state index in [1.54, 1.807) is 12.1 Å². The molecule has 0 aliphatic carbocycles. The number of hydrogen-bond donors (Lipinski definition) is 1. The van der Waals surface area contributed by atoms with Gasteiger partial charge in [-0.1, -0.05) is 11.2 Å². The maximum atomic E-state index is 13.7. The molecule has 1 N–H and O–H groups in total. The smallest absolute Gasteiger partial charge is 0.328 e. The molecule has 0 unspecified atom stereocenters. The van der Waals surface area contributed by atoms with Crippen molar-refractivity contribution in [2.24, 2.45) is 0 Å². The molecule has 0 saturated carbocycles. The molecule has 0 spiro atoms. The molecule has 2 rings (SSSR count). The topological polar surface area (TPSA) is 72.6 Å². The lowest BCUT2D eigenvalue weighted by molar-refractivity contribution is -0.131. The van der Waals surface area contributed by atoms with Crippen LogP contribution in [0, 0.1) is 5.82 Å². The van der Waals surface area contributed by atoms with Crippen molar-refractivity contribution >= 4 is 12.0 Å². The SMILES string of the molecule is O=C(O)/C=C/c1ccc(OCc2ccno2)c(F)c1. The van der Waals surface area contributed by atoms with E-state index in [4.69, 9.17) is 14.4 Å². The summed E-state index contributed by atoms with van der Waals surface area (Å²) in [5, 5.41) is 12.0. The molecule has 0 radical (unpaired) electrons. The summed E-state index contributed by atoms with van der Waals surface area (Å²) in [5.41, 5.74) is 0.437. The fraction of sp³-hybridized carbons (Fsp3) is 0.0769. The van der Waals surface area contributed by atoms with Crippen LogP contribution in [0.5, 0.6) is 5.75 Å². The van der Waals surface area contributed by atoms with Gasteiger partial charge in [0.2, 0.25) is 0 Å². The molecular weight excluding hydrogens is 253 g/mol. The average Bonchev–Trinajstić information content (AvgIpc) is 2.88. The van der Waals surface area contributed by atoms with Gasteiger partial charge in [0.15, 0.2) is 17.3 Å². The zero-order chi connectivity index (χ0) is 13.7. The van der Waals surface area contributed by atoms with E-state index in [2.05, 4.69) is 5.16 Å². The number of benzene rings is 1. The number of carboxylic acids is 1. The van der Waals surface area contributed by atoms with Crippen LogP contribution in [-0.4, -0.2) is 16.2 Å². The molecule has 0 atom stereocenters. The van der Waals surface area contributed by atoms with Gasteiger partial charge in [0, 0.05) is 12.1 Å². The molecular formula is C13H10FNO4. The molecule has 98 valence electrons. The van der Waals surface area contributed by atoms with Crippen LogP contribution < -0.4 is 4.74 Å². The first-order valence-electron chi connectivity index (χ1n) is 5.38. The van der Waals surface area contributed by atoms with Crippen molar-refractivity contribution in [2.45, 2.75) is 6.61 Å². The highest BCUT2D eigenvalue weighted by atomic mass is 19.1. The minimum atomic E-state index is -1.09. The van der Waals surface area contributed by atoms with Crippen LogP contribution in [0.3, 0.4) is 0 Å². The van der Waals surface area contributed by atoms with Gasteiger partial charge in [0.05, 0.1) is 6.20 Å². The second-order valence-electron chi connectivity index (χ2n) is 3.63. The Morgan fingerprint density at radius 1 is 1.47 bits per heavy atom. The van der Waals surface area contributed by atoms with Gasteiger partial charge in [0.1, 0.15) is 6.61 Å². The Morgan fingerprint density at radius 2 is 2.32 bits per heavy atom. The molecule has 0 amide bonds. The summed E-state index contributed by atoms with van der Waals surface area (Å²) in [6.45, 7) is 0.0707. The van der Waals surface area contributed by atoms with Crippen LogP contribution >= 0.6 is 0 Å². The maximum absolute atomic E-state index is 13.7. The third-order valence-electron chi connectivity index (χ3n) is 2.24. The van der Waals surface area contributed by atoms with Crippen LogP contribution in [0.2, 0.25) is 0 Å². The Labute approximate surface area is 107 Å². The number of rotatable bonds is 5. The fourth-order valence-electron chi connectivity index (χ4n) is 1.37. The minimum Gasteiger partial charge on any atom is -0.482 e. The first-order valence-corrected chi connectivity index (χ1v) is 5.38. The number of hydrogen-bond acceptors (Lipinski definition) is 4. The maximum Gasteiger partial charge on any atom is 0.328 e. The van der Waals surface area contributed by atoms with Crippen LogP contribution in [0.25, 0.3) is 6.08 Å². The Hall–Kier alpha value is -2.63. The van der Waals surface area contributed by atoms with Crippen molar-refractivity contribution in [2.75, 3.05) is 0 Å². The summed E-state index contributed by atoms with van der Waals surface area (Å²) in [4.78, 5) is 10.3. The molecule has 1 aromatic heterocycles. The zero-order valence-corrected chi connectivity index (χ0v) is 9.75. The lowest BCUT2D eigenvalue weighted by Gasteiger charge is -2.05. The number of carboxylic acid groups (broad SMARTS) is 1. The average molecular weight is 263 g/mol. The number of nitrogens with zero attached hydrogens (tertiary/aromatic N) is 1. The Balaban J connectivity index is 2.04. The summed E-state index contributed by atoms with van der Waals surface area (Å²) in [5.74, 6) is -1.13. The van der Waals surface area contributed by atoms with Gasteiger partial charge < -0.3 is 14.4 Å². The quantitative estimate of drug-likeness (QED) is 0.839. The third kappa shape index (κ3) is 3.67. The highest BCUT2D eigenvalue weighted by Gasteiger charge is 2.05. The van der Waals surface area contributed by atoms with E-state index >= 15 is 0 Å². The van der Waals surface area contributed by atoms with Gasteiger partial charge in [-0.3, -0.25) is 0 Å². The van der Waals surface area contributed by atoms with Crippen molar-refractivity contribution in [3.63, 3.8) is 0 Å². The van der Waals surface area contributed by atoms with Gasteiger partial charge in [-0.15, -0.1) is 0 Å². The molecule has 0 aliphatic heterocycles. The predicted octanol–water partition coefficient (Wildman–Crippen LogP) is 2.49. The van der Waals surface area contributed by atoms with Crippen molar-refractivity contribution in [3.8, 4) is 5.75 Å². The molecule has 1 heterocycles. The summed E-state index contributed by atoms with van der Waals surface area (Å²) in [7, 11) is 0. The van der Waals surface area contributed by atoms with Crippen LogP contribution in [0.1, 0.15) is 11.3 Å². The second-order valence-corrected chi connectivity index (χ2v) is 3.63. The van der Waals surface area contributed by atoms with Crippen LogP contribution in [0.15, 0.2) is 41.1 Å². The van der Waals surface area contributed by atoms with E-state index in [-0.39, 0.29) is 12.4 Å². The van der Waals surface area contributed by atoms with E-state index in [1.807, 2.05) is 0 Å². The standard InChI is InChI=1S/C13H10FNO4/c14-11-7-9(2-4-13(16)17)1-3-12(11)18-8-10-5-6-15-19-10/h1-7H,8H2,(H,16,17)/b4-2+. The molecule has 5 nitrogen and oxygen atoms in total. The molecule has 1 aromatic carbocycles. The second kappa shape index (κ2) is 5.81. The summed E-state index contributed by atoms with van der Waals surface area (Å²) in [6.07, 6.45) is 3.70. The molecule has 0 fully saturated rings. The molecule has 0 bridgehead atoms.